The third-order valence-corrected chi connectivity index (χ3v) is 4.08. The summed E-state index contributed by atoms with van der Waals surface area (Å²) in [7, 11) is 0. The Morgan fingerprint density at radius 1 is 1.28 bits per heavy atom. The number of benzene rings is 1. The maximum Gasteiger partial charge on any atom is 0.573 e. The molecule has 1 unspecified atom stereocenters. The second-order valence-electron chi connectivity index (χ2n) is 4.49. The maximum atomic E-state index is 12.1. The first-order valence-electron chi connectivity index (χ1n) is 5.76. The quantitative estimate of drug-likeness (QED) is 0.697. The van der Waals surface area contributed by atoms with Crippen molar-refractivity contribution in [3.63, 3.8) is 0 Å². The lowest BCUT2D eigenvalue weighted by Gasteiger charge is -2.14. The van der Waals surface area contributed by atoms with Gasteiger partial charge in [0, 0.05) is 4.83 Å². The largest absolute Gasteiger partial charge is 0.573 e. The van der Waals surface area contributed by atoms with E-state index in [2.05, 4.69) is 34.5 Å². The van der Waals surface area contributed by atoms with Crippen LogP contribution in [0, 0.1) is 5.92 Å². The highest BCUT2D eigenvalue weighted by Crippen LogP contribution is 2.25. The monoisotopic (exact) mass is 324 g/mol. The molecule has 0 bridgehead atoms. The molecule has 0 aliphatic carbocycles. The van der Waals surface area contributed by atoms with E-state index in [1.54, 1.807) is 6.07 Å². The van der Waals surface area contributed by atoms with Gasteiger partial charge in [-0.2, -0.15) is 0 Å². The van der Waals surface area contributed by atoms with Gasteiger partial charge in [0.15, 0.2) is 0 Å². The second-order valence-corrected chi connectivity index (χ2v) is 5.67. The van der Waals surface area contributed by atoms with Gasteiger partial charge >= 0.3 is 6.36 Å². The Bertz CT molecular complexity index is 377. The molecular formula is C13H16BrF3O. The van der Waals surface area contributed by atoms with Crippen molar-refractivity contribution >= 4 is 15.9 Å². The molecule has 0 spiro atoms. The van der Waals surface area contributed by atoms with E-state index < -0.39 is 6.36 Å². The minimum atomic E-state index is -4.63. The Morgan fingerprint density at radius 3 is 2.50 bits per heavy atom. The minimum Gasteiger partial charge on any atom is -0.406 e. The molecule has 0 N–H and O–H groups in total. The Kier molecular flexibility index (Phi) is 5.50. The van der Waals surface area contributed by atoms with E-state index >= 15 is 0 Å². The lowest BCUT2D eigenvalue weighted by molar-refractivity contribution is -0.274. The van der Waals surface area contributed by atoms with Gasteiger partial charge in [-0.25, -0.2) is 0 Å². The van der Waals surface area contributed by atoms with E-state index in [0.29, 0.717) is 10.7 Å². The van der Waals surface area contributed by atoms with Crippen LogP contribution in [0.1, 0.15) is 25.8 Å². The first-order valence-corrected chi connectivity index (χ1v) is 6.68. The molecule has 102 valence electrons. The number of hydrogen-bond acceptors (Lipinski definition) is 1. The van der Waals surface area contributed by atoms with Crippen molar-refractivity contribution in [2.24, 2.45) is 5.92 Å². The van der Waals surface area contributed by atoms with E-state index in [-0.39, 0.29) is 5.75 Å². The summed E-state index contributed by atoms with van der Waals surface area (Å²) in [6, 6.07) is 6.14. The Balaban J connectivity index is 2.60. The highest BCUT2D eigenvalue weighted by molar-refractivity contribution is 9.09. The zero-order valence-corrected chi connectivity index (χ0v) is 11.9. The molecule has 0 amide bonds. The average molecular weight is 325 g/mol. The van der Waals surface area contributed by atoms with Crippen LogP contribution >= 0.6 is 15.9 Å². The van der Waals surface area contributed by atoms with Gasteiger partial charge in [0.05, 0.1) is 0 Å². The number of rotatable bonds is 5. The van der Waals surface area contributed by atoms with E-state index in [9.17, 15) is 13.2 Å². The number of alkyl halides is 4. The van der Waals surface area contributed by atoms with Crippen LogP contribution in [-0.2, 0) is 6.42 Å². The first-order chi connectivity index (χ1) is 8.28. The van der Waals surface area contributed by atoms with Crippen LogP contribution in [0.4, 0.5) is 13.2 Å². The summed E-state index contributed by atoms with van der Waals surface area (Å²) in [5, 5.41) is 0. The van der Waals surface area contributed by atoms with Crippen molar-refractivity contribution in [3.05, 3.63) is 29.8 Å². The third kappa shape index (κ3) is 5.76. The van der Waals surface area contributed by atoms with Gasteiger partial charge in [-0.1, -0.05) is 41.9 Å². The van der Waals surface area contributed by atoms with Crippen LogP contribution in [0.3, 0.4) is 0 Å². The number of aryl methyl sites for hydroxylation is 1. The fourth-order valence-corrected chi connectivity index (χ4v) is 1.76. The molecule has 0 radical (unpaired) electrons. The lowest BCUT2D eigenvalue weighted by Crippen LogP contribution is -2.17. The number of halogens is 4. The third-order valence-electron chi connectivity index (χ3n) is 2.56. The molecule has 0 heterocycles. The minimum absolute atomic E-state index is 0.157. The zero-order valence-electron chi connectivity index (χ0n) is 10.3. The average Bonchev–Trinajstić information content (AvgIpc) is 2.23. The molecular weight excluding hydrogens is 309 g/mol. The van der Waals surface area contributed by atoms with E-state index in [1.165, 1.54) is 12.1 Å². The lowest BCUT2D eigenvalue weighted by atomic mass is 10.0. The number of hydrogen-bond donors (Lipinski definition) is 0. The molecule has 0 fully saturated rings. The van der Waals surface area contributed by atoms with Crippen LogP contribution in [0.2, 0.25) is 0 Å². The van der Waals surface area contributed by atoms with Crippen molar-refractivity contribution in [2.45, 2.75) is 37.9 Å². The molecule has 0 saturated carbocycles. The van der Waals surface area contributed by atoms with Crippen molar-refractivity contribution < 1.29 is 17.9 Å². The van der Waals surface area contributed by atoms with Gasteiger partial charge in [0.2, 0.25) is 0 Å². The first kappa shape index (κ1) is 15.3. The predicted molar refractivity (Wildman–Crippen MR) is 69.0 cm³/mol. The summed E-state index contributed by atoms with van der Waals surface area (Å²) in [6.07, 6.45) is -3.02. The molecule has 18 heavy (non-hydrogen) atoms. The van der Waals surface area contributed by atoms with Crippen LogP contribution < -0.4 is 4.74 Å². The molecule has 0 aliphatic rings. The highest BCUT2D eigenvalue weighted by atomic mass is 79.9. The molecule has 1 aromatic rings. The van der Waals surface area contributed by atoms with E-state index in [0.717, 1.165) is 18.4 Å². The highest BCUT2D eigenvalue weighted by Gasteiger charge is 2.31. The predicted octanol–water partition coefficient (Wildman–Crippen LogP) is 4.94. The summed E-state index contributed by atoms with van der Waals surface area (Å²) in [6.45, 7) is 4.20. The van der Waals surface area contributed by atoms with Gasteiger partial charge in [0.1, 0.15) is 5.75 Å². The summed E-state index contributed by atoms with van der Waals surface area (Å²) < 4.78 is 40.1. The Hall–Kier alpha value is -0.710. The fourth-order valence-electron chi connectivity index (χ4n) is 1.54. The SMILES string of the molecule is CC(C)C(Br)CCc1cccc(OC(F)(F)F)c1. The van der Waals surface area contributed by atoms with Crippen LogP contribution in [0.15, 0.2) is 24.3 Å². The molecule has 1 nitrogen and oxygen atoms in total. The molecule has 1 aromatic carbocycles. The van der Waals surface area contributed by atoms with Gasteiger partial charge in [-0.15, -0.1) is 13.2 Å². The van der Waals surface area contributed by atoms with Gasteiger partial charge < -0.3 is 4.74 Å². The molecule has 0 saturated heterocycles. The van der Waals surface area contributed by atoms with E-state index in [1.807, 2.05) is 6.07 Å². The van der Waals surface area contributed by atoms with Gasteiger partial charge in [0.25, 0.3) is 0 Å². The second kappa shape index (κ2) is 6.45. The Labute approximate surface area is 113 Å². The van der Waals surface area contributed by atoms with Crippen LogP contribution in [-0.4, -0.2) is 11.2 Å². The maximum absolute atomic E-state index is 12.1. The van der Waals surface area contributed by atoms with Crippen molar-refractivity contribution in [3.8, 4) is 5.75 Å². The van der Waals surface area contributed by atoms with Crippen molar-refractivity contribution in [2.75, 3.05) is 0 Å². The number of ether oxygens (including phenoxy) is 1. The summed E-state index contributed by atoms with van der Waals surface area (Å²) in [4.78, 5) is 0.365. The Morgan fingerprint density at radius 2 is 1.94 bits per heavy atom. The topological polar surface area (TPSA) is 9.23 Å². The van der Waals surface area contributed by atoms with Gasteiger partial charge in [-0.05, 0) is 36.5 Å². The normalized spacial score (nSPS) is 13.7. The van der Waals surface area contributed by atoms with Gasteiger partial charge in [-0.3, -0.25) is 0 Å². The summed E-state index contributed by atoms with van der Waals surface area (Å²) in [5.74, 6) is 0.343. The van der Waals surface area contributed by atoms with E-state index in [4.69, 9.17) is 0 Å². The van der Waals surface area contributed by atoms with Crippen molar-refractivity contribution in [1.82, 2.24) is 0 Å². The molecule has 1 rings (SSSR count). The molecule has 0 aromatic heterocycles. The smallest absolute Gasteiger partial charge is 0.406 e. The molecule has 5 heteroatoms. The fraction of sp³-hybridized carbons (Fsp3) is 0.538. The molecule has 1 atom stereocenters. The zero-order chi connectivity index (χ0) is 13.8. The van der Waals surface area contributed by atoms with Crippen LogP contribution in [0.5, 0.6) is 5.75 Å². The van der Waals surface area contributed by atoms with Crippen molar-refractivity contribution in [1.29, 1.82) is 0 Å². The van der Waals surface area contributed by atoms with Crippen LogP contribution in [0.25, 0.3) is 0 Å². The molecule has 0 aliphatic heterocycles. The standard InChI is InChI=1S/C13H16BrF3O/c1-9(2)12(14)7-6-10-4-3-5-11(8-10)18-13(15,16)17/h3-5,8-9,12H,6-7H2,1-2H3. The summed E-state index contributed by atoms with van der Waals surface area (Å²) in [5.41, 5.74) is 0.849. The summed E-state index contributed by atoms with van der Waals surface area (Å²) >= 11 is 3.56.